The van der Waals surface area contributed by atoms with E-state index in [0.29, 0.717) is 5.56 Å². The number of rotatable bonds is 2. The van der Waals surface area contributed by atoms with E-state index in [9.17, 15) is 10.2 Å². The Morgan fingerprint density at radius 2 is 1.65 bits per heavy atom. The Balaban J connectivity index is 1.76. The lowest BCUT2D eigenvalue weighted by Gasteiger charge is -1.99. The Morgan fingerprint density at radius 3 is 2.52 bits per heavy atom. The zero-order valence-corrected chi connectivity index (χ0v) is 12.1. The molecule has 23 heavy (non-hydrogen) atoms. The molecule has 0 amide bonds. The molecule has 0 aliphatic rings. The number of aromatic hydroxyl groups is 2. The van der Waals surface area contributed by atoms with E-state index in [-0.39, 0.29) is 11.5 Å². The van der Waals surface area contributed by atoms with Crippen LogP contribution >= 0.6 is 0 Å². The molecule has 2 N–H and O–H groups in total. The van der Waals surface area contributed by atoms with Crippen LogP contribution in [0.3, 0.4) is 0 Å². The predicted molar refractivity (Wildman–Crippen MR) is 90.7 cm³/mol. The number of hydrogen-bond donors (Lipinski definition) is 2. The van der Waals surface area contributed by atoms with Crippen molar-refractivity contribution in [3.63, 3.8) is 0 Å². The first-order valence-corrected chi connectivity index (χ1v) is 7.18. The predicted octanol–water partition coefficient (Wildman–Crippen LogP) is 4.75. The van der Waals surface area contributed by atoms with Crippen molar-refractivity contribution in [2.24, 2.45) is 4.99 Å². The van der Waals surface area contributed by atoms with Crippen LogP contribution in [0, 0.1) is 0 Å². The van der Waals surface area contributed by atoms with Crippen molar-refractivity contribution in [1.82, 2.24) is 0 Å². The standard InChI is InChI=1S/C19H13NO3/c21-14-7-5-12(17(22)10-14)11-20-13-6-8-19-16(9-13)15-3-1-2-4-18(15)23-19/h1-11,21-22H. The average molecular weight is 303 g/mol. The van der Waals surface area contributed by atoms with E-state index in [1.54, 1.807) is 12.3 Å². The number of para-hydroxylation sites is 1. The van der Waals surface area contributed by atoms with Crippen LogP contribution in [0.5, 0.6) is 11.5 Å². The lowest BCUT2D eigenvalue weighted by atomic mass is 10.1. The topological polar surface area (TPSA) is 66.0 Å². The number of phenols is 2. The van der Waals surface area contributed by atoms with Gasteiger partial charge in [0, 0.05) is 28.6 Å². The van der Waals surface area contributed by atoms with Crippen LogP contribution in [-0.4, -0.2) is 16.4 Å². The number of nitrogens with zero attached hydrogens (tertiary/aromatic N) is 1. The number of fused-ring (bicyclic) bond motifs is 3. The molecular formula is C19H13NO3. The quantitative estimate of drug-likeness (QED) is 0.525. The summed E-state index contributed by atoms with van der Waals surface area (Å²) in [5, 5.41) is 21.1. The molecule has 4 rings (SSSR count). The first kappa shape index (κ1) is 13.4. The molecule has 4 aromatic rings. The summed E-state index contributed by atoms with van der Waals surface area (Å²) >= 11 is 0. The molecule has 112 valence electrons. The Morgan fingerprint density at radius 1 is 0.826 bits per heavy atom. The number of aliphatic imine (C=N–C) groups is 1. The summed E-state index contributed by atoms with van der Waals surface area (Å²) in [5.41, 5.74) is 2.97. The molecule has 1 heterocycles. The van der Waals surface area contributed by atoms with Gasteiger partial charge in [0.05, 0.1) is 5.69 Å². The minimum absolute atomic E-state index is 0.0106. The fourth-order valence-electron chi connectivity index (χ4n) is 2.58. The zero-order chi connectivity index (χ0) is 15.8. The average Bonchev–Trinajstić information content (AvgIpc) is 2.92. The Hall–Kier alpha value is -3.27. The maximum atomic E-state index is 9.78. The molecule has 0 unspecified atom stereocenters. The first-order chi connectivity index (χ1) is 11.2. The third kappa shape index (κ3) is 2.40. The second-order valence-corrected chi connectivity index (χ2v) is 5.28. The smallest absolute Gasteiger partial charge is 0.135 e. The van der Waals surface area contributed by atoms with Crippen molar-refractivity contribution >= 4 is 33.8 Å². The van der Waals surface area contributed by atoms with E-state index >= 15 is 0 Å². The molecular weight excluding hydrogens is 290 g/mol. The number of benzene rings is 3. The third-order valence-corrected chi connectivity index (χ3v) is 3.73. The van der Waals surface area contributed by atoms with Crippen LogP contribution in [0.15, 0.2) is 70.1 Å². The van der Waals surface area contributed by atoms with Gasteiger partial charge in [0.15, 0.2) is 0 Å². The largest absolute Gasteiger partial charge is 0.508 e. The molecule has 0 fully saturated rings. The summed E-state index contributed by atoms with van der Waals surface area (Å²) in [6.07, 6.45) is 1.57. The van der Waals surface area contributed by atoms with Gasteiger partial charge in [0.2, 0.25) is 0 Å². The van der Waals surface area contributed by atoms with Crippen molar-refractivity contribution in [1.29, 1.82) is 0 Å². The van der Waals surface area contributed by atoms with Crippen LogP contribution in [0.2, 0.25) is 0 Å². The zero-order valence-electron chi connectivity index (χ0n) is 12.1. The van der Waals surface area contributed by atoms with Crippen LogP contribution in [0.25, 0.3) is 21.9 Å². The van der Waals surface area contributed by atoms with Crippen molar-refractivity contribution in [3.8, 4) is 11.5 Å². The first-order valence-electron chi connectivity index (χ1n) is 7.18. The van der Waals surface area contributed by atoms with Crippen LogP contribution in [-0.2, 0) is 0 Å². The number of hydrogen-bond acceptors (Lipinski definition) is 4. The summed E-state index contributed by atoms with van der Waals surface area (Å²) in [7, 11) is 0. The summed E-state index contributed by atoms with van der Waals surface area (Å²) < 4.78 is 5.78. The second-order valence-electron chi connectivity index (χ2n) is 5.28. The molecule has 0 saturated carbocycles. The lowest BCUT2D eigenvalue weighted by Crippen LogP contribution is -1.81. The monoisotopic (exact) mass is 303 g/mol. The van der Waals surface area contributed by atoms with Crippen molar-refractivity contribution < 1.29 is 14.6 Å². The third-order valence-electron chi connectivity index (χ3n) is 3.73. The van der Waals surface area contributed by atoms with Crippen molar-refractivity contribution in [3.05, 3.63) is 66.2 Å². The minimum atomic E-state index is -0.0106. The van der Waals surface area contributed by atoms with Crippen LogP contribution < -0.4 is 0 Å². The van der Waals surface area contributed by atoms with Gasteiger partial charge in [0.25, 0.3) is 0 Å². The van der Waals surface area contributed by atoms with Crippen molar-refractivity contribution in [2.45, 2.75) is 0 Å². The Bertz CT molecular complexity index is 1050. The highest BCUT2D eigenvalue weighted by Gasteiger charge is 2.06. The molecule has 4 heteroatoms. The number of phenolic OH excluding ortho intramolecular Hbond substituents is 2. The highest BCUT2D eigenvalue weighted by molar-refractivity contribution is 6.06. The SMILES string of the molecule is Oc1ccc(C=Nc2ccc3oc4ccccc4c3c2)c(O)c1. The van der Waals surface area contributed by atoms with E-state index < -0.39 is 0 Å². The molecule has 1 aromatic heterocycles. The van der Waals surface area contributed by atoms with Gasteiger partial charge in [-0.15, -0.1) is 0 Å². The molecule has 3 aromatic carbocycles. The molecule has 0 aliphatic heterocycles. The van der Waals surface area contributed by atoms with Gasteiger partial charge in [-0.05, 0) is 36.4 Å². The van der Waals surface area contributed by atoms with E-state index in [4.69, 9.17) is 4.42 Å². The molecule has 0 atom stereocenters. The van der Waals surface area contributed by atoms with E-state index in [2.05, 4.69) is 4.99 Å². The molecule has 0 bridgehead atoms. The van der Waals surface area contributed by atoms with Crippen LogP contribution in [0.1, 0.15) is 5.56 Å². The van der Waals surface area contributed by atoms with Crippen LogP contribution in [0.4, 0.5) is 5.69 Å². The van der Waals surface area contributed by atoms with Gasteiger partial charge in [-0.2, -0.15) is 0 Å². The Kier molecular flexibility index (Phi) is 3.01. The van der Waals surface area contributed by atoms with Gasteiger partial charge in [-0.3, -0.25) is 4.99 Å². The fourth-order valence-corrected chi connectivity index (χ4v) is 2.58. The molecule has 0 radical (unpaired) electrons. The van der Waals surface area contributed by atoms with E-state index in [0.717, 1.165) is 27.6 Å². The van der Waals surface area contributed by atoms with Gasteiger partial charge in [0.1, 0.15) is 22.7 Å². The maximum Gasteiger partial charge on any atom is 0.135 e. The highest BCUT2D eigenvalue weighted by Crippen LogP contribution is 2.31. The van der Waals surface area contributed by atoms with Gasteiger partial charge >= 0.3 is 0 Å². The summed E-state index contributed by atoms with van der Waals surface area (Å²) in [5.74, 6) is 0.00882. The summed E-state index contributed by atoms with van der Waals surface area (Å²) in [4.78, 5) is 4.40. The van der Waals surface area contributed by atoms with E-state index in [1.807, 2.05) is 42.5 Å². The minimum Gasteiger partial charge on any atom is -0.508 e. The molecule has 0 saturated heterocycles. The lowest BCUT2D eigenvalue weighted by molar-refractivity contribution is 0.450. The van der Waals surface area contributed by atoms with Gasteiger partial charge in [-0.1, -0.05) is 18.2 Å². The number of furan rings is 1. The normalized spacial score (nSPS) is 11.7. The summed E-state index contributed by atoms with van der Waals surface area (Å²) in [6, 6.07) is 18.0. The van der Waals surface area contributed by atoms with E-state index in [1.165, 1.54) is 12.1 Å². The van der Waals surface area contributed by atoms with Gasteiger partial charge < -0.3 is 14.6 Å². The molecule has 0 spiro atoms. The fraction of sp³-hybridized carbons (Fsp3) is 0. The van der Waals surface area contributed by atoms with Gasteiger partial charge in [-0.25, -0.2) is 0 Å². The maximum absolute atomic E-state index is 9.78. The summed E-state index contributed by atoms with van der Waals surface area (Å²) in [6.45, 7) is 0. The second kappa shape index (κ2) is 5.18. The van der Waals surface area contributed by atoms with Crippen molar-refractivity contribution in [2.75, 3.05) is 0 Å². The molecule has 4 nitrogen and oxygen atoms in total. The molecule has 0 aliphatic carbocycles. The highest BCUT2D eigenvalue weighted by atomic mass is 16.3. The Labute approximate surface area is 131 Å².